The largest absolute Gasteiger partial charge is 0.332 e. The van der Waals surface area contributed by atoms with Crippen LogP contribution in [0.25, 0.3) is 0 Å². The number of amides is 2. The van der Waals surface area contributed by atoms with Gasteiger partial charge in [-0.1, -0.05) is 18.9 Å². The zero-order chi connectivity index (χ0) is 18.5. The Labute approximate surface area is 160 Å². The Morgan fingerprint density at radius 1 is 1.15 bits per heavy atom. The Morgan fingerprint density at radius 3 is 2.70 bits per heavy atom. The van der Waals surface area contributed by atoms with E-state index in [1.54, 1.807) is 6.20 Å². The summed E-state index contributed by atoms with van der Waals surface area (Å²) in [4.78, 5) is 20.9. The van der Waals surface area contributed by atoms with E-state index in [2.05, 4.69) is 37.2 Å². The lowest BCUT2D eigenvalue weighted by molar-refractivity contribution is 0.135. The van der Waals surface area contributed by atoms with Crippen LogP contribution in [0.4, 0.5) is 4.79 Å². The smallest absolute Gasteiger partial charge is 0.317 e. The zero-order valence-electron chi connectivity index (χ0n) is 15.8. The van der Waals surface area contributed by atoms with Crippen molar-refractivity contribution in [3.8, 4) is 0 Å². The van der Waals surface area contributed by atoms with Crippen molar-refractivity contribution in [2.75, 3.05) is 26.2 Å². The average molecular weight is 368 g/mol. The third-order valence-electron chi connectivity index (χ3n) is 5.57. The number of urea groups is 1. The average Bonchev–Trinajstić information content (AvgIpc) is 3.39. The molecule has 4 rings (SSSR count). The van der Waals surface area contributed by atoms with Crippen molar-refractivity contribution in [2.45, 2.75) is 44.8 Å². The van der Waals surface area contributed by atoms with E-state index in [9.17, 15) is 4.79 Å². The van der Waals surface area contributed by atoms with E-state index in [0.29, 0.717) is 12.6 Å². The highest BCUT2D eigenvalue weighted by Gasteiger charge is 2.21. The fourth-order valence-corrected chi connectivity index (χ4v) is 3.98. The van der Waals surface area contributed by atoms with Gasteiger partial charge in [-0.25, -0.2) is 4.79 Å². The zero-order valence-corrected chi connectivity index (χ0v) is 15.8. The molecular weight excluding hydrogens is 340 g/mol. The number of aromatic nitrogens is 3. The van der Waals surface area contributed by atoms with Gasteiger partial charge in [0.25, 0.3) is 0 Å². The Morgan fingerprint density at radius 2 is 1.96 bits per heavy atom. The minimum atomic E-state index is 0.00597. The first-order valence-corrected chi connectivity index (χ1v) is 9.96. The summed E-state index contributed by atoms with van der Waals surface area (Å²) in [5.41, 5.74) is 2.15. The summed E-state index contributed by atoms with van der Waals surface area (Å²) >= 11 is 0. The van der Waals surface area contributed by atoms with Crippen molar-refractivity contribution in [1.82, 2.24) is 29.9 Å². The number of nitrogens with one attached hydrogen (secondary N) is 1. The second kappa shape index (κ2) is 8.52. The number of nitrogens with zero attached hydrogens (tertiary/aromatic N) is 5. The second-order valence-electron chi connectivity index (χ2n) is 7.51. The van der Waals surface area contributed by atoms with E-state index in [1.165, 1.54) is 31.2 Å². The van der Waals surface area contributed by atoms with Crippen LogP contribution in [0.3, 0.4) is 0 Å². The Balaban J connectivity index is 1.20. The lowest BCUT2D eigenvalue weighted by atomic mass is 10.2. The van der Waals surface area contributed by atoms with Crippen LogP contribution >= 0.6 is 0 Å². The molecule has 144 valence electrons. The normalized spacial score (nSPS) is 18.7. The quantitative estimate of drug-likeness (QED) is 0.880. The third kappa shape index (κ3) is 4.66. The maximum Gasteiger partial charge on any atom is 0.317 e. The standard InChI is InChI=1S/C20H28N6O/c27-20(22-15-18-7-9-26(23-18)19-5-1-2-6-19)25-12-10-24(11-13-25)16-17-4-3-8-21-14-17/h3-4,7-9,14,19H,1-2,5-6,10-13,15-16H2,(H,22,27). The monoisotopic (exact) mass is 368 g/mol. The Kier molecular flexibility index (Phi) is 5.67. The molecule has 2 aromatic heterocycles. The molecule has 27 heavy (non-hydrogen) atoms. The maximum absolute atomic E-state index is 12.5. The van der Waals surface area contributed by atoms with E-state index < -0.39 is 0 Å². The van der Waals surface area contributed by atoms with Crippen LogP contribution in [0.5, 0.6) is 0 Å². The first kappa shape index (κ1) is 18.0. The lowest BCUT2D eigenvalue weighted by Crippen LogP contribution is -2.51. The Hall–Kier alpha value is -2.41. The van der Waals surface area contributed by atoms with Gasteiger partial charge in [-0.05, 0) is 30.5 Å². The first-order chi connectivity index (χ1) is 13.3. The van der Waals surface area contributed by atoms with E-state index in [1.807, 2.05) is 23.2 Å². The molecule has 0 atom stereocenters. The number of rotatable bonds is 5. The van der Waals surface area contributed by atoms with Crippen LogP contribution in [0.2, 0.25) is 0 Å². The summed E-state index contributed by atoms with van der Waals surface area (Å²) in [7, 11) is 0. The highest BCUT2D eigenvalue weighted by molar-refractivity contribution is 5.74. The SMILES string of the molecule is O=C(NCc1ccn(C2CCCC2)n1)N1CCN(Cc2cccnc2)CC1. The van der Waals surface area contributed by atoms with Gasteiger partial charge in [0.1, 0.15) is 0 Å². The van der Waals surface area contributed by atoms with E-state index in [0.717, 1.165) is 38.4 Å². The molecule has 7 nitrogen and oxygen atoms in total. The molecule has 0 aromatic carbocycles. The van der Waals surface area contributed by atoms with Gasteiger partial charge in [0.2, 0.25) is 0 Å². The molecule has 0 bridgehead atoms. The van der Waals surface area contributed by atoms with Gasteiger partial charge in [-0.3, -0.25) is 14.6 Å². The van der Waals surface area contributed by atoms with Crippen molar-refractivity contribution < 1.29 is 4.79 Å². The second-order valence-corrected chi connectivity index (χ2v) is 7.51. The summed E-state index contributed by atoms with van der Waals surface area (Å²) in [6, 6.07) is 6.63. The lowest BCUT2D eigenvalue weighted by Gasteiger charge is -2.34. The number of piperazine rings is 1. The summed E-state index contributed by atoms with van der Waals surface area (Å²) in [6.45, 7) is 4.67. The van der Waals surface area contributed by atoms with Gasteiger partial charge >= 0.3 is 6.03 Å². The van der Waals surface area contributed by atoms with Crippen LogP contribution in [-0.4, -0.2) is 56.8 Å². The molecule has 2 amide bonds. The minimum Gasteiger partial charge on any atom is -0.332 e. The molecule has 1 saturated carbocycles. The summed E-state index contributed by atoms with van der Waals surface area (Å²) in [5.74, 6) is 0. The molecule has 2 fully saturated rings. The molecule has 1 N–H and O–H groups in total. The van der Waals surface area contributed by atoms with Gasteiger partial charge in [0, 0.05) is 51.3 Å². The fourth-order valence-electron chi connectivity index (χ4n) is 3.98. The van der Waals surface area contributed by atoms with E-state index >= 15 is 0 Å². The predicted octanol–water partition coefficient (Wildman–Crippen LogP) is 2.42. The van der Waals surface area contributed by atoms with Gasteiger partial charge in [-0.15, -0.1) is 0 Å². The molecule has 1 aliphatic carbocycles. The highest BCUT2D eigenvalue weighted by atomic mass is 16.2. The van der Waals surface area contributed by atoms with Crippen LogP contribution in [0, 0.1) is 0 Å². The highest BCUT2D eigenvalue weighted by Crippen LogP contribution is 2.28. The molecule has 1 saturated heterocycles. The molecule has 3 heterocycles. The summed E-state index contributed by atoms with van der Waals surface area (Å²) < 4.78 is 2.08. The molecule has 0 radical (unpaired) electrons. The summed E-state index contributed by atoms with van der Waals surface area (Å²) in [5, 5.41) is 7.66. The van der Waals surface area contributed by atoms with Crippen LogP contribution in [0.15, 0.2) is 36.8 Å². The van der Waals surface area contributed by atoms with Gasteiger partial charge < -0.3 is 10.2 Å². The molecule has 0 unspecified atom stereocenters. The van der Waals surface area contributed by atoms with Gasteiger partial charge in [0.15, 0.2) is 0 Å². The van der Waals surface area contributed by atoms with Crippen LogP contribution < -0.4 is 5.32 Å². The molecular formula is C20H28N6O. The van der Waals surface area contributed by atoms with Crippen LogP contribution in [0.1, 0.15) is 43.0 Å². The number of carbonyl (C=O) groups is 1. The van der Waals surface area contributed by atoms with E-state index in [-0.39, 0.29) is 6.03 Å². The molecule has 7 heteroatoms. The summed E-state index contributed by atoms with van der Waals surface area (Å²) in [6.07, 6.45) is 10.8. The topological polar surface area (TPSA) is 66.3 Å². The Bertz CT molecular complexity index is 732. The van der Waals surface area contributed by atoms with Crippen molar-refractivity contribution in [2.24, 2.45) is 0 Å². The van der Waals surface area contributed by atoms with Gasteiger partial charge in [0.05, 0.1) is 18.3 Å². The maximum atomic E-state index is 12.5. The fraction of sp³-hybridized carbons (Fsp3) is 0.550. The number of hydrogen-bond acceptors (Lipinski definition) is 4. The first-order valence-electron chi connectivity index (χ1n) is 9.96. The van der Waals surface area contributed by atoms with Crippen molar-refractivity contribution in [3.05, 3.63) is 48.0 Å². The van der Waals surface area contributed by atoms with E-state index in [4.69, 9.17) is 0 Å². The van der Waals surface area contributed by atoms with Gasteiger partial charge in [-0.2, -0.15) is 5.10 Å². The predicted molar refractivity (Wildman–Crippen MR) is 103 cm³/mol. The van der Waals surface area contributed by atoms with Crippen molar-refractivity contribution in [1.29, 1.82) is 0 Å². The van der Waals surface area contributed by atoms with Crippen LogP contribution in [-0.2, 0) is 13.1 Å². The number of hydrogen-bond donors (Lipinski definition) is 1. The number of pyridine rings is 1. The third-order valence-corrected chi connectivity index (χ3v) is 5.57. The number of carbonyl (C=O) groups excluding carboxylic acids is 1. The molecule has 1 aliphatic heterocycles. The van der Waals surface area contributed by atoms with Crippen molar-refractivity contribution >= 4 is 6.03 Å². The molecule has 2 aromatic rings. The van der Waals surface area contributed by atoms with Crippen molar-refractivity contribution in [3.63, 3.8) is 0 Å². The minimum absolute atomic E-state index is 0.00597. The molecule has 0 spiro atoms. The molecule has 2 aliphatic rings.